The molecule has 1 heterocycles. The molecule has 0 radical (unpaired) electrons. The molecule has 0 aliphatic carbocycles. The van der Waals surface area contributed by atoms with Crippen LogP contribution in [0.1, 0.15) is 37.5 Å². The van der Waals surface area contributed by atoms with Crippen LogP contribution in [0, 0.1) is 0 Å². The van der Waals surface area contributed by atoms with Crippen LogP contribution in [-0.4, -0.2) is 20.6 Å². The van der Waals surface area contributed by atoms with Crippen LogP contribution >= 0.6 is 0 Å². The fourth-order valence-corrected chi connectivity index (χ4v) is 2.14. The summed E-state index contributed by atoms with van der Waals surface area (Å²) >= 11 is 0. The van der Waals surface area contributed by atoms with Gasteiger partial charge in [-0.05, 0) is 30.2 Å². The standard InChI is InChI=1S/C16H20BNO3/c1-3-10(2)14-8-12-5-4-11(7-15(12)20-14)6-13(9-18)16(19)21-17/h4-8,10H,3,9,17-18H2,1-2H3/b13-6-. The van der Waals surface area contributed by atoms with Crippen molar-refractivity contribution in [2.75, 3.05) is 6.54 Å². The van der Waals surface area contributed by atoms with Crippen molar-refractivity contribution < 1.29 is 13.9 Å². The molecule has 0 fully saturated rings. The van der Waals surface area contributed by atoms with E-state index < -0.39 is 5.97 Å². The topological polar surface area (TPSA) is 65.5 Å². The first kappa shape index (κ1) is 15.4. The lowest BCUT2D eigenvalue weighted by atomic mass is 10.1. The second-order valence-electron chi connectivity index (χ2n) is 5.12. The van der Waals surface area contributed by atoms with Crippen LogP contribution in [-0.2, 0) is 9.45 Å². The Kier molecular flexibility index (Phi) is 4.86. The predicted octanol–water partition coefficient (Wildman–Crippen LogP) is 2.38. The molecule has 1 unspecified atom stereocenters. The van der Waals surface area contributed by atoms with Crippen molar-refractivity contribution in [1.82, 2.24) is 0 Å². The molecular formula is C16H20BNO3. The van der Waals surface area contributed by atoms with Crippen molar-refractivity contribution in [2.45, 2.75) is 26.2 Å². The highest BCUT2D eigenvalue weighted by molar-refractivity contribution is 6.10. The largest absolute Gasteiger partial charge is 0.540 e. The van der Waals surface area contributed by atoms with Gasteiger partial charge in [-0.3, -0.25) is 0 Å². The highest BCUT2D eigenvalue weighted by atomic mass is 16.5. The van der Waals surface area contributed by atoms with Crippen LogP contribution in [0.3, 0.4) is 0 Å². The Hall–Kier alpha value is -2.01. The van der Waals surface area contributed by atoms with Crippen LogP contribution in [0.2, 0.25) is 0 Å². The van der Waals surface area contributed by atoms with Gasteiger partial charge < -0.3 is 14.8 Å². The van der Waals surface area contributed by atoms with Gasteiger partial charge in [-0.2, -0.15) is 0 Å². The summed E-state index contributed by atoms with van der Waals surface area (Å²) in [7, 11) is 1.35. The molecule has 0 aliphatic rings. The maximum Gasteiger partial charge on any atom is 0.326 e. The van der Waals surface area contributed by atoms with E-state index >= 15 is 0 Å². The zero-order chi connectivity index (χ0) is 15.4. The highest BCUT2D eigenvalue weighted by Gasteiger charge is 2.11. The Balaban J connectivity index is 2.38. The summed E-state index contributed by atoms with van der Waals surface area (Å²) in [6.45, 7) is 4.42. The van der Waals surface area contributed by atoms with Gasteiger partial charge in [0, 0.05) is 23.4 Å². The maximum atomic E-state index is 11.5. The number of nitrogens with two attached hydrogens (primary N) is 1. The molecule has 4 nitrogen and oxygen atoms in total. The Morgan fingerprint density at radius 3 is 2.86 bits per heavy atom. The molecule has 1 atom stereocenters. The number of carbonyl (C=O) groups is 1. The van der Waals surface area contributed by atoms with Gasteiger partial charge in [-0.25, -0.2) is 4.79 Å². The molecule has 0 aliphatic heterocycles. The first-order valence-electron chi connectivity index (χ1n) is 7.11. The van der Waals surface area contributed by atoms with Crippen LogP contribution in [0.4, 0.5) is 0 Å². The predicted molar refractivity (Wildman–Crippen MR) is 86.6 cm³/mol. The second kappa shape index (κ2) is 6.63. The third-order valence-corrected chi connectivity index (χ3v) is 3.67. The lowest BCUT2D eigenvalue weighted by molar-refractivity contribution is -0.129. The summed E-state index contributed by atoms with van der Waals surface area (Å²) in [5, 5.41) is 1.06. The van der Waals surface area contributed by atoms with Gasteiger partial charge in [-0.15, -0.1) is 0 Å². The number of furan rings is 1. The van der Waals surface area contributed by atoms with Crippen LogP contribution < -0.4 is 5.73 Å². The van der Waals surface area contributed by atoms with E-state index in [1.165, 1.54) is 8.05 Å². The van der Waals surface area contributed by atoms with E-state index in [-0.39, 0.29) is 6.54 Å². The average molecular weight is 285 g/mol. The molecule has 1 aromatic carbocycles. The number of fused-ring (bicyclic) bond motifs is 1. The molecular weight excluding hydrogens is 265 g/mol. The van der Waals surface area contributed by atoms with Crippen LogP contribution in [0.15, 0.2) is 34.3 Å². The average Bonchev–Trinajstić information content (AvgIpc) is 2.94. The molecule has 5 heteroatoms. The number of carbonyl (C=O) groups excluding carboxylic acids is 1. The van der Waals surface area contributed by atoms with Crippen molar-refractivity contribution in [1.29, 1.82) is 0 Å². The van der Waals surface area contributed by atoms with E-state index in [2.05, 4.69) is 19.9 Å². The van der Waals surface area contributed by atoms with Crippen LogP contribution in [0.5, 0.6) is 0 Å². The minimum absolute atomic E-state index is 0.140. The molecule has 2 rings (SSSR count). The summed E-state index contributed by atoms with van der Waals surface area (Å²) in [4.78, 5) is 11.5. The van der Waals surface area contributed by atoms with Gasteiger partial charge >= 0.3 is 14.0 Å². The fourth-order valence-electron chi connectivity index (χ4n) is 2.14. The third kappa shape index (κ3) is 3.36. The molecule has 21 heavy (non-hydrogen) atoms. The zero-order valence-electron chi connectivity index (χ0n) is 12.7. The van der Waals surface area contributed by atoms with E-state index in [1.807, 2.05) is 18.2 Å². The summed E-state index contributed by atoms with van der Waals surface area (Å²) in [5.41, 5.74) is 7.71. The van der Waals surface area contributed by atoms with E-state index in [9.17, 15) is 4.79 Å². The van der Waals surface area contributed by atoms with Gasteiger partial charge in [0.05, 0.1) is 0 Å². The molecule has 2 aromatic rings. The van der Waals surface area contributed by atoms with Crippen molar-refractivity contribution in [2.24, 2.45) is 5.73 Å². The van der Waals surface area contributed by atoms with Gasteiger partial charge in [0.25, 0.3) is 0 Å². The molecule has 1 aromatic heterocycles. The van der Waals surface area contributed by atoms with Crippen molar-refractivity contribution in [3.05, 3.63) is 41.2 Å². The quantitative estimate of drug-likeness (QED) is 0.676. The summed E-state index contributed by atoms with van der Waals surface area (Å²) in [6, 6.07) is 7.92. The molecule has 0 spiro atoms. The molecule has 0 saturated heterocycles. The summed E-state index contributed by atoms with van der Waals surface area (Å²) < 4.78 is 10.6. The van der Waals surface area contributed by atoms with Crippen molar-refractivity contribution in [3.8, 4) is 0 Å². The number of hydrogen-bond acceptors (Lipinski definition) is 4. The SMILES string of the molecule is BOC(=O)/C(=C\c1ccc2cc(C(C)CC)oc2c1)CN. The van der Waals surface area contributed by atoms with Gasteiger partial charge in [0.2, 0.25) is 0 Å². The normalized spacial score (nSPS) is 13.4. The van der Waals surface area contributed by atoms with E-state index in [0.29, 0.717) is 11.5 Å². The van der Waals surface area contributed by atoms with E-state index in [1.54, 1.807) is 6.08 Å². The first-order chi connectivity index (χ1) is 10.1. The highest BCUT2D eigenvalue weighted by Crippen LogP contribution is 2.28. The second-order valence-corrected chi connectivity index (χ2v) is 5.12. The van der Waals surface area contributed by atoms with Crippen LogP contribution in [0.25, 0.3) is 17.0 Å². The van der Waals surface area contributed by atoms with E-state index in [4.69, 9.17) is 14.8 Å². The number of benzene rings is 1. The lowest BCUT2D eigenvalue weighted by Crippen LogP contribution is -2.14. The lowest BCUT2D eigenvalue weighted by Gasteiger charge is -2.03. The third-order valence-electron chi connectivity index (χ3n) is 3.67. The maximum absolute atomic E-state index is 11.5. The Labute approximate surface area is 125 Å². The zero-order valence-corrected chi connectivity index (χ0v) is 12.7. The Bertz CT molecular complexity index is 675. The summed E-state index contributed by atoms with van der Waals surface area (Å²) in [6.07, 6.45) is 2.77. The molecule has 0 bridgehead atoms. The minimum atomic E-state index is -0.405. The monoisotopic (exact) mass is 285 g/mol. The first-order valence-corrected chi connectivity index (χ1v) is 7.11. The smallest absolute Gasteiger partial charge is 0.326 e. The van der Waals surface area contributed by atoms with Crippen molar-refractivity contribution >= 4 is 31.1 Å². The van der Waals surface area contributed by atoms with Crippen molar-refractivity contribution in [3.63, 3.8) is 0 Å². The van der Waals surface area contributed by atoms with E-state index in [0.717, 1.165) is 28.7 Å². The van der Waals surface area contributed by atoms with Gasteiger partial charge in [-0.1, -0.05) is 26.0 Å². The van der Waals surface area contributed by atoms with Gasteiger partial charge in [0.1, 0.15) is 11.3 Å². The summed E-state index contributed by atoms with van der Waals surface area (Å²) in [5.74, 6) is 0.976. The fraction of sp³-hybridized carbons (Fsp3) is 0.312. The minimum Gasteiger partial charge on any atom is -0.540 e. The molecule has 0 saturated carbocycles. The van der Waals surface area contributed by atoms with Gasteiger partial charge in [0.15, 0.2) is 0 Å². The Morgan fingerprint density at radius 1 is 1.48 bits per heavy atom. The Morgan fingerprint density at radius 2 is 2.24 bits per heavy atom. The molecule has 2 N–H and O–H groups in total. The number of rotatable bonds is 5. The molecule has 110 valence electrons. The molecule has 0 amide bonds. The number of hydrogen-bond donors (Lipinski definition) is 1.